The number of hydrogen-bond acceptors (Lipinski definition) is 2. The molecule has 25 heavy (non-hydrogen) atoms. The smallest absolute Gasteiger partial charge is 0.253 e. The van der Waals surface area contributed by atoms with E-state index in [4.69, 9.17) is 11.6 Å². The molecule has 1 N–H and O–H groups in total. The molecule has 0 atom stereocenters. The van der Waals surface area contributed by atoms with Crippen molar-refractivity contribution in [1.82, 2.24) is 10.2 Å². The second kappa shape index (κ2) is 9.23. The Morgan fingerprint density at radius 2 is 1.68 bits per heavy atom. The van der Waals surface area contributed by atoms with E-state index in [1.54, 1.807) is 29.2 Å². The summed E-state index contributed by atoms with van der Waals surface area (Å²) >= 11 is 5.96. The largest absolute Gasteiger partial charge is 0.352 e. The van der Waals surface area contributed by atoms with Gasteiger partial charge in [0, 0.05) is 35.8 Å². The highest BCUT2D eigenvalue weighted by Gasteiger charge is 2.14. The molecule has 0 aliphatic carbocycles. The van der Waals surface area contributed by atoms with Gasteiger partial charge in [0.05, 0.1) is 0 Å². The third-order valence-corrected chi connectivity index (χ3v) is 4.25. The van der Waals surface area contributed by atoms with Crippen molar-refractivity contribution in [2.24, 2.45) is 0 Å². The average molecular weight is 359 g/mol. The van der Waals surface area contributed by atoms with Gasteiger partial charge in [-0.1, -0.05) is 29.8 Å². The molecule has 0 unspecified atom stereocenters. The van der Waals surface area contributed by atoms with Crippen molar-refractivity contribution < 1.29 is 9.59 Å². The van der Waals surface area contributed by atoms with Gasteiger partial charge in [-0.15, -0.1) is 0 Å². The number of rotatable bonds is 7. The lowest BCUT2D eigenvalue weighted by molar-refractivity contribution is 0.0773. The summed E-state index contributed by atoms with van der Waals surface area (Å²) in [5, 5.41) is 3.57. The maximum Gasteiger partial charge on any atom is 0.253 e. The van der Waals surface area contributed by atoms with Gasteiger partial charge >= 0.3 is 0 Å². The van der Waals surface area contributed by atoms with Crippen LogP contribution in [0.1, 0.15) is 40.1 Å². The van der Waals surface area contributed by atoms with Crippen LogP contribution < -0.4 is 5.32 Å². The molecule has 0 aliphatic heterocycles. The van der Waals surface area contributed by atoms with Crippen molar-refractivity contribution in [3.8, 4) is 0 Å². The zero-order valence-corrected chi connectivity index (χ0v) is 15.3. The fraction of sp³-hybridized carbons (Fsp3) is 0.300. The number of nitrogens with zero attached hydrogens (tertiary/aromatic N) is 1. The molecule has 0 bridgehead atoms. The molecule has 0 saturated carbocycles. The molecule has 0 fully saturated rings. The molecule has 2 amide bonds. The molecular formula is C20H23ClN2O2. The first-order valence-corrected chi connectivity index (χ1v) is 8.85. The number of hydrogen-bond donors (Lipinski definition) is 1. The van der Waals surface area contributed by atoms with Gasteiger partial charge in [0.15, 0.2) is 0 Å². The third-order valence-electron chi connectivity index (χ3n) is 4.01. The van der Waals surface area contributed by atoms with E-state index in [1.165, 1.54) is 0 Å². The topological polar surface area (TPSA) is 49.4 Å². The summed E-state index contributed by atoms with van der Waals surface area (Å²) in [5.74, 6) is -0.241. The van der Waals surface area contributed by atoms with Gasteiger partial charge in [0.1, 0.15) is 0 Å². The van der Waals surface area contributed by atoms with E-state index in [1.807, 2.05) is 38.1 Å². The van der Waals surface area contributed by atoms with Crippen molar-refractivity contribution in [2.75, 3.05) is 19.6 Å². The van der Waals surface area contributed by atoms with Crippen LogP contribution in [0, 0.1) is 0 Å². The van der Waals surface area contributed by atoms with Gasteiger partial charge in [0.25, 0.3) is 11.8 Å². The van der Waals surface area contributed by atoms with Crippen LogP contribution in [-0.4, -0.2) is 36.3 Å². The first kappa shape index (κ1) is 19.0. The van der Waals surface area contributed by atoms with Crippen molar-refractivity contribution in [3.63, 3.8) is 0 Å². The maximum absolute atomic E-state index is 12.4. The van der Waals surface area contributed by atoms with Gasteiger partial charge in [-0.2, -0.15) is 0 Å². The van der Waals surface area contributed by atoms with Crippen molar-refractivity contribution in [2.45, 2.75) is 20.3 Å². The number of amides is 2. The van der Waals surface area contributed by atoms with Crippen LogP contribution in [0.2, 0.25) is 5.02 Å². The van der Waals surface area contributed by atoms with Crippen molar-refractivity contribution in [1.29, 1.82) is 0 Å². The molecule has 2 rings (SSSR count). The Labute approximate surface area is 153 Å². The number of benzene rings is 2. The number of carbonyl (C=O) groups excluding carboxylic acids is 2. The summed E-state index contributed by atoms with van der Waals surface area (Å²) in [6.07, 6.45) is 0.699. The van der Waals surface area contributed by atoms with Gasteiger partial charge in [-0.3, -0.25) is 9.59 Å². The summed E-state index contributed by atoms with van der Waals surface area (Å²) in [7, 11) is 0. The molecule has 4 nitrogen and oxygen atoms in total. The van der Waals surface area contributed by atoms with Crippen LogP contribution in [0.15, 0.2) is 48.5 Å². The molecule has 0 spiro atoms. The van der Waals surface area contributed by atoms with E-state index in [0.29, 0.717) is 42.2 Å². The number of nitrogens with one attached hydrogen (secondary N) is 1. The van der Waals surface area contributed by atoms with Crippen LogP contribution in [0.5, 0.6) is 0 Å². The molecule has 0 radical (unpaired) electrons. The second-order valence-electron chi connectivity index (χ2n) is 5.69. The normalized spacial score (nSPS) is 10.4. The van der Waals surface area contributed by atoms with E-state index in [-0.39, 0.29) is 11.8 Å². The van der Waals surface area contributed by atoms with E-state index in [2.05, 4.69) is 5.32 Å². The Kier molecular flexibility index (Phi) is 7.02. The first-order valence-electron chi connectivity index (χ1n) is 8.47. The van der Waals surface area contributed by atoms with E-state index in [0.717, 1.165) is 5.56 Å². The molecule has 2 aromatic rings. The molecule has 0 aromatic heterocycles. The zero-order valence-electron chi connectivity index (χ0n) is 14.6. The Balaban J connectivity index is 1.97. The predicted octanol–water partition coefficient (Wildman–Crippen LogP) is 3.79. The van der Waals surface area contributed by atoms with Gasteiger partial charge in [0.2, 0.25) is 0 Å². The van der Waals surface area contributed by atoms with E-state index < -0.39 is 0 Å². The summed E-state index contributed by atoms with van der Waals surface area (Å²) in [6.45, 7) is 5.67. The van der Waals surface area contributed by atoms with Gasteiger partial charge in [-0.25, -0.2) is 0 Å². The first-order chi connectivity index (χ1) is 12.0. The summed E-state index contributed by atoms with van der Waals surface area (Å²) < 4.78 is 0. The highest BCUT2D eigenvalue weighted by Crippen LogP contribution is 2.11. The average Bonchev–Trinajstić information content (AvgIpc) is 2.62. The Morgan fingerprint density at radius 3 is 2.36 bits per heavy atom. The van der Waals surface area contributed by atoms with Crippen LogP contribution >= 0.6 is 11.6 Å². The minimum atomic E-state index is -0.184. The molecule has 0 saturated heterocycles. The number of halogens is 1. The van der Waals surface area contributed by atoms with Crippen LogP contribution in [0.3, 0.4) is 0 Å². The molecule has 5 heteroatoms. The summed E-state index contributed by atoms with van der Waals surface area (Å²) in [5.41, 5.74) is 2.09. The lowest BCUT2D eigenvalue weighted by Gasteiger charge is -2.18. The third kappa shape index (κ3) is 5.33. The quantitative estimate of drug-likeness (QED) is 0.818. The summed E-state index contributed by atoms with van der Waals surface area (Å²) in [4.78, 5) is 26.5. The minimum absolute atomic E-state index is 0.0569. The summed E-state index contributed by atoms with van der Waals surface area (Å²) in [6, 6.07) is 14.4. The highest BCUT2D eigenvalue weighted by molar-refractivity contribution is 6.30. The highest BCUT2D eigenvalue weighted by atomic mass is 35.5. The maximum atomic E-state index is 12.4. The van der Waals surface area contributed by atoms with E-state index in [9.17, 15) is 9.59 Å². The predicted molar refractivity (Wildman–Crippen MR) is 101 cm³/mol. The SMILES string of the molecule is CCN(CC)C(=O)c1cccc(C(=O)NCCc2cccc(Cl)c2)c1. The fourth-order valence-corrected chi connectivity index (χ4v) is 2.81. The van der Waals surface area contributed by atoms with Crippen LogP contribution in [0.25, 0.3) is 0 Å². The lowest BCUT2D eigenvalue weighted by atomic mass is 10.1. The molecule has 132 valence electrons. The van der Waals surface area contributed by atoms with E-state index >= 15 is 0 Å². The Bertz CT molecular complexity index is 742. The molecular weight excluding hydrogens is 336 g/mol. The Morgan fingerprint density at radius 1 is 1.00 bits per heavy atom. The number of carbonyl (C=O) groups is 2. The lowest BCUT2D eigenvalue weighted by Crippen LogP contribution is -2.31. The van der Waals surface area contributed by atoms with Gasteiger partial charge < -0.3 is 10.2 Å². The zero-order chi connectivity index (χ0) is 18.2. The molecule has 2 aromatic carbocycles. The Hall–Kier alpha value is -2.33. The van der Waals surface area contributed by atoms with Crippen molar-refractivity contribution >= 4 is 23.4 Å². The van der Waals surface area contributed by atoms with Gasteiger partial charge in [-0.05, 0) is 56.2 Å². The van der Waals surface area contributed by atoms with Crippen LogP contribution in [-0.2, 0) is 6.42 Å². The van der Waals surface area contributed by atoms with Crippen LogP contribution in [0.4, 0.5) is 0 Å². The van der Waals surface area contributed by atoms with Crippen molar-refractivity contribution in [3.05, 3.63) is 70.2 Å². The monoisotopic (exact) mass is 358 g/mol. The minimum Gasteiger partial charge on any atom is -0.352 e. The fourth-order valence-electron chi connectivity index (χ4n) is 2.60. The standard InChI is InChI=1S/C20H23ClN2O2/c1-3-23(4-2)20(25)17-9-6-8-16(14-17)19(24)22-12-11-15-7-5-10-18(21)13-15/h5-10,13-14H,3-4,11-12H2,1-2H3,(H,22,24). The molecule has 0 aliphatic rings. The molecule has 0 heterocycles. The second-order valence-corrected chi connectivity index (χ2v) is 6.13.